The van der Waals surface area contributed by atoms with Crippen LogP contribution in [0.4, 0.5) is 0 Å². The number of aryl methyl sites for hydroxylation is 2. The van der Waals surface area contributed by atoms with Crippen molar-refractivity contribution in [3.8, 4) is 0 Å². The second kappa shape index (κ2) is 7.06. The maximum atomic E-state index is 5.79. The number of rotatable bonds is 6. The van der Waals surface area contributed by atoms with E-state index in [2.05, 4.69) is 44.3 Å². The highest BCUT2D eigenvalue weighted by Crippen LogP contribution is 2.21. The van der Waals surface area contributed by atoms with Crippen LogP contribution in [0.5, 0.6) is 0 Å². The Kier molecular flexibility index (Phi) is 5.41. The van der Waals surface area contributed by atoms with Crippen molar-refractivity contribution in [1.29, 1.82) is 0 Å². The Balaban J connectivity index is 2.02. The Morgan fingerprint density at radius 1 is 1.32 bits per heavy atom. The van der Waals surface area contributed by atoms with E-state index in [0.29, 0.717) is 12.1 Å². The van der Waals surface area contributed by atoms with Crippen LogP contribution in [0, 0.1) is 13.8 Å². The van der Waals surface area contributed by atoms with Crippen molar-refractivity contribution in [3.05, 3.63) is 34.9 Å². The van der Waals surface area contributed by atoms with Crippen LogP contribution in [0.2, 0.25) is 0 Å². The summed E-state index contributed by atoms with van der Waals surface area (Å²) in [5.41, 5.74) is 4.33. The molecular formula is C17H27NO. The highest BCUT2D eigenvalue weighted by atomic mass is 16.5. The average molecular weight is 261 g/mol. The van der Waals surface area contributed by atoms with Gasteiger partial charge in [0.25, 0.3) is 0 Å². The normalized spacial score (nSPS) is 20.7. The maximum Gasteiger partial charge on any atom is 0.0590 e. The van der Waals surface area contributed by atoms with Crippen LogP contribution in [-0.4, -0.2) is 25.3 Å². The first-order valence-corrected chi connectivity index (χ1v) is 7.60. The van der Waals surface area contributed by atoms with E-state index in [1.165, 1.54) is 29.5 Å². The van der Waals surface area contributed by atoms with Gasteiger partial charge in [0.05, 0.1) is 6.10 Å². The van der Waals surface area contributed by atoms with Gasteiger partial charge < -0.3 is 10.1 Å². The molecule has 0 aliphatic carbocycles. The first-order valence-electron chi connectivity index (χ1n) is 7.60. The van der Waals surface area contributed by atoms with Gasteiger partial charge in [-0.15, -0.1) is 0 Å². The number of benzene rings is 1. The Morgan fingerprint density at radius 3 is 2.63 bits per heavy atom. The van der Waals surface area contributed by atoms with Crippen molar-refractivity contribution in [1.82, 2.24) is 5.32 Å². The van der Waals surface area contributed by atoms with Gasteiger partial charge in [-0.1, -0.05) is 25.1 Å². The topological polar surface area (TPSA) is 21.3 Å². The third-order valence-corrected chi connectivity index (χ3v) is 4.16. The Hall–Kier alpha value is -0.860. The van der Waals surface area contributed by atoms with E-state index in [1.807, 2.05) is 0 Å². The summed E-state index contributed by atoms with van der Waals surface area (Å²) in [6.07, 6.45) is 5.18. The minimum Gasteiger partial charge on any atom is -0.378 e. The minimum atomic E-state index is 0.466. The molecule has 0 radical (unpaired) electrons. The molecule has 1 aromatic carbocycles. The zero-order valence-corrected chi connectivity index (χ0v) is 12.5. The lowest BCUT2D eigenvalue weighted by Gasteiger charge is -2.23. The molecule has 0 saturated carbocycles. The summed E-state index contributed by atoms with van der Waals surface area (Å²) in [7, 11) is 0. The second-order valence-corrected chi connectivity index (χ2v) is 5.70. The first kappa shape index (κ1) is 14.5. The summed E-state index contributed by atoms with van der Waals surface area (Å²) < 4.78 is 5.79. The van der Waals surface area contributed by atoms with Gasteiger partial charge >= 0.3 is 0 Å². The lowest BCUT2D eigenvalue weighted by Crippen LogP contribution is -2.34. The molecule has 1 saturated heterocycles. The highest BCUT2D eigenvalue weighted by Gasteiger charge is 2.21. The zero-order chi connectivity index (χ0) is 13.7. The van der Waals surface area contributed by atoms with Gasteiger partial charge in [-0.05, 0) is 62.8 Å². The molecule has 1 heterocycles. The van der Waals surface area contributed by atoms with E-state index >= 15 is 0 Å². The van der Waals surface area contributed by atoms with E-state index in [0.717, 1.165) is 26.0 Å². The van der Waals surface area contributed by atoms with Crippen molar-refractivity contribution in [2.75, 3.05) is 13.2 Å². The van der Waals surface area contributed by atoms with E-state index in [4.69, 9.17) is 4.74 Å². The molecule has 0 aromatic heterocycles. The van der Waals surface area contributed by atoms with Gasteiger partial charge in [-0.25, -0.2) is 0 Å². The summed E-state index contributed by atoms with van der Waals surface area (Å²) in [5, 5.41) is 3.63. The molecule has 1 aromatic rings. The zero-order valence-electron chi connectivity index (χ0n) is 12.5. The Bertz CT molecular complexity index is 376. The fourth-order valence-corrected chi connectivity index (χ4v) is 3.09. The summed E-state index contributed by atoms with van der Waals surface area (Å²) in [6, 6.07) is 7.12. The van der Waals surface area contributed by atoms with Crippen molar-refractivity contribution in [2.24, 2.45) is 0 Å². The third-order valence-electron chi connectivity index (χ3n) is 4.16. The van der Waals surface area contributed by atoms with Crippen LogP contribution >= 0.6 is 0 Å². The number of hydrogen-bond acceptors (Lipinski definition) is 2. The van der Waals surface area contributed by atoms with Gasteiger partial charge in [-0.2, -0.15) is 0 Å². The van der Waals surface area contributed by atoms with Gasteiger partial charge in [0.15, 0.2) is 0 Å². The van der Waals surface area contributed by atoms with E-state index in [9.17, 15) is 0 Å². The van der Waals surface area contributed by atoms with E-state index < -0.39 is 0 Å². The summed E-state index contributed by atoms with van der Waals surface area (Å²) in [6.45, 7) is 8.61. The lowest BCUT2D eigenvalue weighted by molar-refractivity contribution is 0.0947. The molecule has 1 aliphatic heterocycles. The SMILES string of the molecule is CCNC(Cc1c(C)cccc1C)CC1CCCO1. The van der Waals surface area contributed by atoms with Crippen LogP contribution in [0.1, 0.15) is 42.9 Å². The third kappa shape index (κ3) is 4.05. The van der Waals surface area contributed by atoms with Gasteiger partial charge in [0.2, 0.25) is 0 Å². The Morgan fingerprint density at radius 2 is 2.05 bits per heavy atom. The van der Waals surface area contributed by atoms with Crippen molar-refractivity contribution < 1.29 is 4.74 Å². The van der Waals surface area contributed by atoms with Gasteiger partial charge in [0, 0.05) is 12.6 Å². The molecule has 2 unspecified atom stereocenters. The summed E-state index contributed by atoms with van der Waals surface area (Å²) in [4.78, 5) is 0. The molecule has 1 aliphatic rings. The van der Waals surface area contributed by atoms with Crippen LogP contribution in [0.15, 0.2) is 18.2 Å². The van der Waals surface area contributed by atoms with Crippen LogP contribution < -0.4 is 5.32 Å². The first-order chi connectivity index (χ1) is 9.20. The monoisotopic (exact) mass is 261 g/mol. The maximum absolute atomic E-state index is 5.79. The van der Waals surface area contributed by atoms with Gasteiger partial charge in [-0.3, -0.25) is 0 Å². The van der Waals surface area contributed by atoms with E-state index in [-0.39, 0.29) is 0 Å². The fraction of sp³-hybridized carbons (Fsp3) is 0.647. The molecule has 2 rings (SSSR count). The van der Waals surface area contributed by atoms with Crippen molar-refractivity contribution in [2.45, 2.75) is 58.6 Å². The molecule has 2 atom stereocenters. The predicted molar refractivity (Wildman–Crippen MR) is 80.7 cm³/mol. The average Bonchev–Trinajstić information content (AvgIpc) is 2.87. The van der Waals surface area contributed by atoms with Crippen LogP contribution in [0.3, 0.4) is 0 Å². The molecule has 1 N–H and O–H groups in total. The molecule has 0 bridgehead atoms. The Labute approximate surface area is 117 Å². The minimum absolute atomic E-state index is 0.466. The molecule has 2 nitrogen and oxygen atoms in total. The highest BCUT2D eigenvalue weighted by molar-refractivity contribution is 5.34. The van der Waals surface area contributed by atoms with Gasteiger partial charge in [0.1, 0.15) is 0 Å². The lowest BCUT2D eigenvalue weighted by atomic mass is 9.93. The summed E-state index contributed by atoms with van der Waals surface area (Å²) in [5.74, 6) is 0. The molecular weight excluding hydrogens is 234 g/mol. The molecule has 19 heavy (non-hydrogen) atoms. The summed E-state index contributed by atoms with van der Waals surface area (Å²) >= 11 is 0. The van der Waals surface area contributed by atoms with Crippen LogP contribution in [-0.2, 0) is 11.2 Å². The van der Waals surface area contributed by atoms with Crippen molar-refractivity contribution >= 4 is 0 Å². The number of likely N-dealkylation sites (N-methyl/N-ethyl adjacent to an activating group) is 1. The number of hydrogen-bond donors (Lipinski definition) is 1. The van der Waals surface area contributed by atoms with Crippen molar-refractivity contribution in [3.63, 3.8) is 0 Å². The number of ether oxygens (including phenoxy) is 1. The molecule has 1 fully saturated rings. The molecule has 0 amide bonds. The quantitative estimate of drug-likeness (QED) is 0.847. The molecule has 106 valence electrons. The largest absolute Gasteiger partial charge is 0.378 e. The fourth-order valence-electron chi connectivity index (χ4n) is 3.09. The van der Waals surface area contributed by atoms with Crippen LogP contribution in [0.25, 0.3) is 0 Å². The standard InChI is InChI=1S/C17H27NO/c1-4-18-15(11-16-9-6-10-19-16)12-17-13(2)7-5-8-14(17)3/h5,7-8,15-16,18H,4,6,9-12H2,1-3H3. The molecule has 2 heteroatoms. The predicted octanol–water partition coefficient (Wildman–Crippen LogP) is 3.39. The van der Waals surface area contributed by atoms with E-state index in [1.54, 1.807) is 0 Å². The number of nitrogens with one attached hydrogen (secondary N) is 1. The second-order valence-electron chi connectivity index (χ2n) is 5.70. The molecule has 0 spiro atoms. The smallest absolute Gasteiger partial charge is 0.0590 e.